The number of carbonyl (C=O) groups is 1. The quantitative estimate of drug-likeness (QED) is 0.484. The third-order valence-electron chi connectivity index (χ3n) is 2.45. The van der Waals surface area contributed by atoms with E-state index in [9.17, 15) is 13.2 Å². The van der Waals surface area contributed by atoms with Crippen LogP contribution < -0.4 is 0 Å². The van der Waals surface area contributed by atoms with Crippen LogP contribution in [0.1, 0.15) is 26.3 Å². The minimum atomic E-state index is -3.86. The third kappa shape index (κ3) is 4.52. The molecule has 0 heterocycles. The summed E-state index contributed by atoms with van der Waals surface area (Å²) >= 11 is 0. The average molecular weight is 282 g/mol. The normalized spacial score (nSPS) is 12.6. The first kappa shape index (κ1) is 15.4. The number of allylic oxidation sites excluding steroid dienone is 1. The van der Waals surface area contributed by atoms with E-state index in [1.54, 1.807) is 32.9 Å². The molecule has 4 nitrogen and oxygen atoms in total. The molecule has 0 spiro atoms. The van der Waals surface area contributed by atoms with Crippen LogP contribution in [0.4, 0.5) is 0 Å². The number of hydrogen-bond acceptors (Lipinski definition) is 4. The van der Waals surface area contributed by atoms with Gasteiger partial charge in [0.15, 0.2) is 5.78 Å². The first-order valence-electron chi connectivity index (χ1n) is 5.84. The van der Waals surface area contributed by atoms with Crippen molar-refractivity contribution >= 4 is 15.9 Å². The Hall–Kier alpha value is -1.62. The molecular formula is C14H18O4S. The SMILES string of the molecule is Cc1ccc(S(=O)(=O)OC=CC(=O)C(C)(C)C)cc1. The lowest BCUT2D eigenvalue weighted by atomic mass is 9.91. The molecule has 0 atom stereocenters. The standard InChI is InChI=1S/C14H18O4S/c1-11-5-7-12(8-6-11)19(16,17)18-10-9-13(15)14(2,3)4/h5-10H,1-4H3. The van der Waals surface area contributed by atoms with Gasteiger partial charge < -0.3 is 4.18 Å². The highest BCUT2D eigenvalue weighted by molar-refractivity contribution is 7.86. The van der Waals surface area contributed by atoms with Gasteiger partial charge in [-0.2, -0.15) is 8.42 Å². The molecule has 1 aromatic rings. The predicted molar refractivity (Wildman–Crippen MR) is 73.1 cm³/mol. The monoisotopic (exact) mass is 282 g/mol. The van der Waals surface area contributed by atoms with E-state index in [1.807, 2.05) is 6.92 Å². The molecule has 104 valence electrons. The third-order valence-corrected chi connectivity index (χ3v) is 3.66. The molecule has 5 heteroatoms. The number of benzene rings is 1. The molecule has 1 rings (SSSR count). The largest absolute Gasteiger partial charge is 0.387 e. The van der Waals surface area contributed by atoms with Gasteiger partial charge in [-0.3, -0.25) is 4.79 Å². The molecule has 1 aromatic carbocycles. The molecule has 0 saturated carbocycles. The fourth-order valence-electron chi connectivity index (χ4n) is 1.17. The van der Waals surface area contributed by atoms with Gasteiger partial charge in [-0.1, -0.05) is 38.5 Å². The van der Waals surface area contributed by atoms with Crippen LogP contribution >= 0.6 is 0 Å². The van der Waals surface area contributed by atoms with Crippen molar-refractivity contribution in [2.24, 2.45) is 5.41 Å². The Morgan fingerprint density at radius 3 is 2.16 bits per heavy atom. The van der Waals surface area contributed by atoms with Gasteiger partial charge in [0, 0.05) is 11.5 Å². The van der Waals surface area contributed by atoms with Crippen molar-refractivity contribution in [3.63, 3.8) is 0 Å². The summed E-state index contributed by atoms with van der Waals surface area (Å²) < 4.78 is 28.3. The Labute approximate surface area is 114 Å². The zero-order valence-electron chi connectivity index (χ0n) is 11.5. The summed E-state index contributed by atoms with van der Waals surface area (Å²) in [5.74, 6) is -0.202. The second-order valence-electron chi connectivity index (χ2n) is 5.28. The van der Waals surface area contributed by atoms with Gasteiger partial charge in [0.1, 0.15) is 11.2 Å². The Morgan fingerprint density at radius 1 is 1.16 bits per heavy atom. The van der Waals surface area contributed by atoms with E-state index >= 15 is 0 Å². The highest BCUT2D eigenvalue weighted by Gasteiger charge is 2.19. The summed E-state index contributed by atoms with van der Waals surface area (Å²) in [4.78, 5) is 11.6. The van der Waals surface area contributed by atoms with Crippen LogP contribution in [0.25, 0.3) is 0 Å². The Kier molecular flexibility index (Phi) is 4.52. The second-order valence-corrected chi connectivity index (χ2v) is 6.85. The van der Waals surface area contributed by atoms with E-state index < -0.39 is 15.5 Å². The summed E-state index contributed by atoms with van der Waals surface area (Å²) in [6.07, 6.45) is 2.05. The van der Waals surface area contributed by atoms with Crippen molar-refractivity contribution in [1.29, 1.82) is 0 Å². The molecule has 0 aliphatic heterocycles. The van der Waals surface area contributed by atoms with Gasteiger partial charge in [-0.25, -0.2) is 0 Å². The fourth-order valence-corrected chi connectivity index (χ4v) is 1.96. The van der Waals surface area contributed by atoms with E-state index in [4.69, 9.17) is 4.18 Å². The van der Waals surface area contributed by atoms with E-state index in [0.717, 1.165) is 17.9 Å². The molecule has 0 aromatic heterocycles. The van der Waals surface area contributed by atoms with E-state index in [0.29, 0.717) is 0 Å². The van der Waals surface area contributed by atoms with Crippen molar-refractivity contribution < 1.29 is 17.4 Å². The Bertz CT molecular complexity index is 575. The summed E-state index contributed by atoms with van der Waals surface area (Å²) in [5, 5.41) is 0. The van der Waals surface area contributed by atoms with Crippen LogP contribution in [0.5, 0.6) is 0 Å². The maximum atomic E-state index is 11.8. The molecule has 0 fully saturated rings. The smallest absolute Gasteiger partial charge is 0.338 e. The van der Waals surface area contributed by atoms with Crippen molar-refractivity contribution in [2.75, 3.05) is 0 Å². The molecule has 0 N–H and O–H groups in total. The second kappa shape index (κ2) is 5.57. The Morgan fingerprint density at radius 2 is 1.68 bits per heavy atom. The van der Waals surface area contributed by atoms with Gasteiger partial charge in [-0.05, 0) is 19.1 Å². The van der Waals surface area contributed by atoms with Crippen LogP contribution in [0, 0.1) is 12.3 Å². The summed E-state index contributed by atoms with van der Waals surface area (Å²) in [5.41, 5.74) is 0.394. The van der Waals surface area contributed by atoms with Gasteiger partial charge in [-0.15, -0.1) is 0 Å². The molecule has 0 aliphatic rings. The minimum Gasteiger partial charge on any atom is -0.387 e. The van der Waals surface area contributed by atoms with Gasteiger partial charge >= 0.3 is 10.1 Å². The van der Waals surface area contributed by atoms with E-state index in [2.05, 4.69) is 0 Å². The topological polar surface area (TPSA) is 60.4 Å². The molecule has 19 heavy (non-hydrogen) atoms. The van der Waals surface area contributed by atoms with Crippen LogP contribution in [0.3, 0.4) is 0 Å². The zero-order valence-corrected chi connectivity index (χ0v) is 12.3. The van der Waals surface area contributed by atoms with Gasteiger partial charge in [0.2, 0.25) is 0 Å². The van der Waals surface area contributed by atoms with Crippen LogP contribution in [-0.2, 0) is 19.1 Å². The minimum absolute atomic E-state index is 0.0611. The molecular weight excluding hydrogens is 264 g/mol. The molecule has 0 saturated heterocycles. The number of carbonyl (C=O) groups excluding carboxylic acids is 1. The lowest BCUT2D eigenvalue weighted by molar-refractivity contribution is -0.121. The van der Waals surface area contributed by atoms with Crippen molar-refractivity contribution in [3.8, 4) is 0 Å². The summed E-state index contributed by atoms with van der Waals surface area (Å²) in [6, 6.07) is 6.29. The highest BCUT2D eigenvalue weighted by atomic mass is 32.2. The first-order chi connectivity index (χ1) is 8.63. The maximum Gasteiger partial charge on any atom is 0.338 e. The first-order valence-corrected chi connectivity index (χ1v) is 7.25. The summed E-state index contributed by atoms with van der Waals surface area (Å²) in [7, 11) is -3.86. The van der Waals surface area contributed by atoms with Crippen molar-refractivity contribution in [3.05, 3.63) is 42.2 Å². The molecule has 0 amide bonds. The zero-order chi connectivity index (χ0) is 14.7. The lowest BCUT2D eigenvalue weighted by Crippen LogP contribution is -2.17. The summed E-state index contributed by atoms with van der Waals surface area (Å²) in [6.45, 7) is 7.09. The fraction of sp³-hybridized carbons (Fsp3) is 0.357. The van der Waals surface area contributed by atoms with Crippen molar-refractivity contribution in [2.45, 2.75) is 32.6 Å². The molecule has 0 unspecified atom stereocenters. The molecule has 0 bridgehead atoms. The molecule has 0 aliphatic carbocycles. The highest BCUT2D eigenvalue weighted by Crippen LogP contribution is 2.16. The maximum absolute atomic E-state index is 11.8. The molecule has 0 radical (unpaired) electrons. The Balaban J connectivity index is 2.79. The van der Waals surface area contributed by atoms with Crippen LogP contribution in [0.15, 0.2) is 41.5 Å². The average Bonchev–Trinajstić information content (AvgIpc) is 2.28. The number of hydrogen-bond donors (Lipinski definition) is 0. The number of ketones is 1. The number of rotatable bonds is 4. The van der Waals surface area contributed by atoms with Gasteiger partial charge in [0.25, 0.3) is 0 Å². The van der Waals surface area contributed by atoms with E-state index in [1.165, 1.54) is 12.1 Å². The van der Waals surface area contributed by atoms with Gasteiger partial charge in [0.05, 0.1) is 0 Å². The van der Waals surface area contributed by atoms with E-state index in [-0.39, 0.29) is 10.7 Å². The van der Waals surface area contributed by atoms with Crippen molar-refractivity contribution in [1.82, 2.24) is 0 Å². The predicted octanol–water partition coefficient (Wildman–Crippen LogP) is 2.83. The number of aryl methyl sites for hydroxylation is 1. The lowest BCUT2D eigenvalue weighted by Gasteiger charge is -2.12. The van der Waals surface area contributed by atoms with Crippen LogP contribution in [0.2, 0.25) is 0 Å². The van der Waals surface area contributed by atoms with Crippen LogP contribution in [-0.4, -0.2) is 14.2 Å².